The second-order valence-electron chi connectivity index (χ2n) is 6.15. The van der Waals surface area contributed by atoms with Gasteiger partial charge in [-0.15, -0.1) is 0 Å². The van der Waals surface area contributed by atoms with Gasteiger partial charge in [0.05, 0.1) is 0 Å². The Hall–Kier alpha value is -0.610. The van der Waals surface area contributed by atoms with Gasteiger partial charge in [-0.05, 0) is 31.6 Å². The second kappa shape index (κ2) is 9.32. The van der Waals surface area contributed by atoms with Gasteiger partial charge in [-0.1, -0.05) is 27.7 Å². The molecule has 0 heterocycles. The molecule has 1 amide bonds. The van der Waals surface area contributed by atoms with Crippen LogP contribution in [0, 0.1) is 11.8 Å². The largest absolute Gasteiger partial charge is 0.369 e. The van der Waals surface area contributed by atoms with Crippen LogP contribution >= 0.6 is 0 Å². The minimum Gasteiger partial charge on any atom is -0.369 e. The molecule has 0 radical (unpaired) electrons. The molecule has 0 spiro atoms. The van der Waals surface area contributed by atoms with E-state index in [2.05, 4.69) is 27.7 Å². The fraction of sp³-hybridized carbons (Fsp3) is 0.933. The molecule has 0 aromatic rings. The van der Waals surface area contributed by atoms with Gasteiger partial charge in [0.15, 0.2) is 0 Å². The van der Waals surface area contributed by atoms with E-state index in [1.807, 2.05) is 14.0 Å². The third kappa shape index (κ3) is 8.22. The van der Waals surface area contributed by atoms with E-state index in [-0.39, 0.29) is 18.1 Å². The van der Waals surface area contributed by atoms with Gasteiger partial charge in [-0.25, -0.2) is 0 Å². The highest BCUT2D eigenvalue weighted by atomic mass is 16.5. The number of ether oxygens (including phenoxy) is 1. The highest BCUT2D eigenvalue weighted by Crippen LogP contribution is 2.06. The average molecular weight is 272 g/mol. The first-order valence-electron chi connectivity index (χ1n) is 7.37. The maximum atomic E-state index is 12.1. The molecular formula is C15H32N2O2. The molecule has 4 nitrogen and oxygen atoms in total. The van der Waals surface area contributed by atoms with Crippen LogP contribution in [0.15, 0.2) is 0 Å². The minimum absolute atomic E-state index is 0.0414. The normalized spacial score (nSPS) is 14.8. The van der Waals surface area contributed by atoms with Crippen molar-refractivity contribution >= 4 is 5.91 Å². The maximum Gasteiger partial charge on any atom is 0.251 e. The summed E-state index contributed by atoms with van der Waals surface area (Å²) in [5, 5.41) is 0. The highest BCUT2D eigenvalue weighted by molar-refractivity contribution is 5.80. The van der Waals surface area contributed by atoms with Crippen LogP contribution in [0.3, 0.4) is 0 Å². The molecular weight excluding hydrogens is 240 g/mol. The van der Waals surface area contributed by atoms with Gasteiger partial charge in [-0.2, -0.15) is 0 Å². The van der Waals surface area contributed by atoms with Crippen molar-refractivity contribution < 1.29 is 9.53 Å². The molecule has 0 rings (SSSR count). The Balaban J connectivity index is 3.97. The Morgan fingerprint density at radius 2 is 1.74 bits per heavy atom. The number of carbonyl (C=O) groups excluding carboxylic acids is 1. The summed E-state index contributed by atoms with van der Waals surface area (Å²) in [5.74, 6) is 1.09. The quantitative estimate of drug-likeness (QED) is 0.700. The number of hydrogen-bond donors (Lipinski definition) is 1. The number of rotatable bonds is 9. The fourth-order valence-corrected chi connectivity index (χ4v) is 1.65. The van der Waals surface area contributed by atoms with Gasteiger partial charge in [0.1, 0.15) is 6.10 Å². The lowest BCUT2D eigenvalue weighted by Gasteiger charge is -2.24. The molecule has 0 bridgehead atoms. The summed E-state index contributed by atoms with van der Waals surface area (Å²) in [7, 11) is 1.82. The molecule has 19 heavy (non-hydrogen) atoms. The topological polar surface area (TPSA) is 55.6 Å². The summed E-state index contributed by atoms with van der Waals surface area (Å²) in [6.07, 6.45) is 1.46. The fourth-order valence-electron chi connectivity index (χ4n) is 1.65. The lowest BCUT2D eigenvalue weighted by atomic mass is 10.0. The van der Waals surface area contributed by atoms with Crippen molar-refractivity contribution in [2.24, 2.45) is 17.6 Å². The Kier molecular flexibility index (Phi) is 9.02. The van der Waals surface area contributed by atoms with Gasteiger partial charge in [0.25, 0.3) is 5.91 Å². The molecule has 2 atom stereocenters. The van der Waals surface area contributed by atoms with Gasteiger partial charge in [0.2, 0.25) is 0 Å². The van der Waals surface area contributed by atoms with E-state index in [0.29, 0.717) is 25.0 Å². The van der Waals surface area contributed by atoms with Gasteiger partial charge in [-0.3, -0.25) is 4.79 Å². The lowest BCUT2D eigenvalue weighted by molar-refractivity contribution is -0.141. The summed E-state index contributed by atoms with van der Waals surface area (Å²) < 4.78 is 5.57. The van der Waals surface area contributed by atoms with Gasteiger partial charge >= 0.3 is 0 Å². The predicted octanol–water partition coefficient (Wildman–Crippen LogP) is 2.27. The molecule has 0 aliphatic rings. The van der Waals surface area contributed by atoms with E-state index in [9.17, 15) is 4.79 Å². The SMILES string of the molecule is CC(C)CCOC(C)C(=O)N(C)CCC(N)C(C)C. The van der Waals surface area contributed by atoms with Crippen molar-refractivity contribution in [2.75, 3.05) is 20.2 Å². The summed E-state index contributed by atoms with van der Waals surface area (Å²) >= 11 is 0. The maximum absolute atomic E-state index is 12.1. The van der Waals surface area contributed by atoms with Crippen molar-refractivity contribution in [1.82, 2.24) is 4.90 Å². The number of likely N-dealkylation sites (N-methyl/N-ethyl adjacent to an activating group) is 1. The standard InChI is InChI=1S/C15H32N2O2/c1-11(2)8-10-19-13(5)15(18)17(6)9-7-14(16)12(3)4/h11-14H,7-10,16H2,1-6H3. The predicted molar refractivity (Wildman–Crippen MR) is 79.9 cm³/mol. The molecule has 0 saturated heterocycles. The molecule has 0 saturated carbocycles. The molecule has 114 valence electrons. The van der Waals surface area contributed by atoms with E-state index >= 15 is 0 Å². The Morgan fingerprint density at radius 1 is 1.16 bits per heavy atom. The smallest absolute Gasteiger partial charge is 0.251 e. The zero-order valence-electron chi connectivity index (χ0n) is 13.5. The molecule has 0 aliphatic carbocycles. The number of hydrogen-bond acceptors (Lipinski definition) is 3. The molecule has 0 fully saturated rings. The van der Waals surface area contributed by atoms with Crippen LogP contribution in [-0.2, 0) is 9.53 Å². The first kappa shape index (κ1) is 18.4. The van der Waals surface area contributed by atoms with E-state index < -0.39 is 0 Å². The number of nitrogens with two attached hydrogens (primary N) is 1. The highest BCUT2D eigenvalue weighted by Gasteiger charge is 2.19. The van der Waals surface area contributed by atoms with Gasteiger partial charge in [0, 0.05) is 26.2 Å². The Morgan fingerprint density at radius 3 is 2.21 bits per heavy atom. The molecule has 0 aromatic heterocycles. The minimum atomic E-state index is -0.362. The first-order chi connectivity index (χ1) is 8.75. The third-order valence-electron chi connectivity index (χ3n) is 3.44. The molecule has 0 aliphatic heterocycles. The molecule has 4 heteroatoms. The summed E-state index contributed by atoms with van der Waals surface area (Å²) in [6.45, 7) is 11.7. The van der Waals surface area contributed by atoms with Crippen LogP contribution in [0.4, 0.5) is 0 Å². The van der Waals surface area contributed by atoms with Gasteiger partial charge < -0.3 is 15.4 Å². The van der Waals surface area contributed by atoms with Crippen LogP contribution in [0.2, 0.25) is 0 Å². The van der Waals surface area contributed by atoms with Crippen LogP contribution < -0.4 is 5.73 Å². The van der Waals surface area contributed by atoms with E-state index in [1.54, 1.807) is 4.90 Å². The molecule has 2 N–H and O–H groups in total. The summed E-state index contributed by atoms with van der Waals surface area (Å²) in [4.78, 5) is 13.8. The number of amides is 1. The molecule has 0 aromatic carbocycles. The average Bonchev–Trinajstić information content (AvgIpc) is 2.33. The van der Waals surface area contributed by atoms with E-state index in [0.717, 1.165) is 12.8 Å². The van der Waals surface area contributed by atoms with Crippen molar-refractivity contribution in [3.05, 3.63) is 0 Å². The van der Waals surface area contributed by atoms with Crippen molar-refractivity contribution in [3.63, 3.8) is 0 Å². The van der Waals surface area contributed by atoms with Crippen molar-refractivity contribution in [1.29, 1.82) is 0 Å². The number of carbonyl (C=O) groups is 1. The molecule has 2 unspecified atom stereocenters. The van der Waals surface area contributed by atoms with E-state index in [4.69, 9.17) is 10.5 Å². The van der Waals surface area contributed by atoms with Crippen molar-refractivity contribution in [3.8, 4) is 0 Å². The zero-order chi connectivity index (χ0) is 15.0. The Bertz CT molecular complexity index is 255. The van der Waals surface area contributed by atoms with Crippen LogP contribution in [-0.4, -0.2) is 43.2 Å². The van der Waals surface area contributed by atoms with Crippen LogP contribution in [0.25, 0.3) is 0 Å². The summed E-state index contributed by atoms with van der Waals surface area (Å²) in [5.41, 5.74) is 5.99. The van der Waals surface area contributed by atoms with Crippen LogP contribution in [0.5, 0.6) is 0 Å². The number of nitrogens with zero attached hydrogens (tertiary/aromatic N) is 1. The first-order valence-corrected chi connectivity index (χ1v) is 7.37. The lowest BCUT2D eigenvalue weighted by Crippen LogP contribution is -2.39. The second-order valence-corrected chi connectivity index (χ2v) is 6.15. The van der Waals surface area contributed by atoms with Crippen molar-refractivity contribution in [2.45, 2.75) is 59.6 Å². The van der Waals surface area contributed by atoms with E-state index in [1.165, 1.54) is 0 Å². The third-order valence-corrected chi connectivity index (χ3v) is 3.44. The zero-order valence-corrected chi connectivity index (χ0v) is 13.5. The van der Waals surface area contributed by atoms with Crippen LogP contribution in [0.1, 0.15) is 47.5 Å². The monoisotopic (exact) mass is 272 g/mol. The summed E-state index contributed by atoms with van der Waals surface area (Å²) in [6, 6.07) is 0.146. The Labute approximate surface area is 118 Å².